The number of amides is 1. The number of anilines is 1. The number of halogens is 1. The van der Waals surface area contributed by atoms with Gasteiger partial charge in [-0.05, 0) is 30.4 Å². The molecule has 0 saturated carbocycles. The molecule has 3 N–H and O–H groups in total. The predicted octanol–water partition coefficient (Wildman–Crippen LogP) is 2.15. The van der Waals surface area contributed by atoms with Crippen molar-refractivity contribution in [2.75, 3.05) is 16.8 Å². The van der Waals surface area contributed by atoms with E-state index in [1.54, 1.807) is 17.8 Å². The number of benzene rings is 1. The van der Waals surface area contributed by atoms with Crippen molar-refractivity contribution in [2.45, 2.75) is 6.42 Å². The molecule has 6 heteroatoms. The number of thioether (sulfide) groups is 1. The molecule has 0 aliphatic carbocycles. The van der Waals surface area contributed by atoms with Crippen molar-refractivity contribution in [3.63, 3.8) is 0 Å². The molecule has 1 aromatic carbocycles. The highest BCUT2D eigenvalue weighted by atomic mass is 32.2. The number of nitrogens with two attached hydrogens (primary N) is 1. The average molecular weight is 284 g/mol. The summed E-state index contributed by atoms with van der Waals surface area (Å²) in [6.07, 6.45) is 0.850. The standard InChI is InChI=1S/C12H13FN2OS2/c13-9-5-7(11(14)17)1-2-10(9)15-12(16)8-3-4-18-6-8/h1-2,5,8H,3-4,6H2,(H2,14,17)(H,15,16). The Labute approximate surface area is 114 Å². The normalized spacial score (nSPS) is 18.6. The highest BCUT2D eigenvalue weighted by Gasteiger charge is 2.23. The van der Waals surface area contributed by atoms with Crippen LogP contribution in [0.2, 0.25) is 0 Å². The first-order valence-corrected chi connectivity index (χ1v) is 7.12. The number of rotatable bonds is 3. The molecule has 3 nitrogen and oxygen atoms in total. The monoisotopic (exact) mass is 284 g/mol. The van der Waals surface area contributed by atoms with E-state index in [9.17, 15) is 9.18 Å². The molecular formula is C12H13FN2OS2. The van der Waals surface area contributed by atoms with Crippen LogP contribution in [0.25, 0.3) is 0 Å². The van der Waals surface area contributed by atoms with Crippen LogP contribution in [0.1, 0.15) is 12.0 Å². The first-order valence-electron chi connectivity index (χ1n) is 5.56. The van der Waals surface area contributed by atoms with Crippen molar-refractivity contribution in [2.24, 2.45) is 11.7 Å². The van der Waals surface area contributed by atoms with E-state index in [0.717, 1.165) is 17.9 Å². The molecule has 0 bridgehead atoms. The van der Waals surface area contributed by atoms with E-state index in [0.29, 0.717) is 5.56 Å². The Morgan fingerprint density at radius 3 is 2.89 bits per heavy atom. The van der Waals surface area contributed by atoms with Crippen molar-refractivity contribution >= 4 is 40.6 Å². The molecule has 1 heterocycles. The second-order valence-corrected chi connectivity index (χ2v) is 5.70. The molecule has 18 heavy (non-hydrogen) atoms. The van der Waals surface area contributed by atoms with E-state index in [2.05, 4.69) is 5.32 Å². The summed E-state index contributed by atoms with van der Waals surface area (Å²) >= 11 is 6.50. The van der Waals surface area contributed by atoms with E-state index in [-0.39, 0.29) is 22.5 Å². The van der Waals surface area contributed by atoms with Gasteiger partial charge in [0, 0.05) is 17.2 Å². The lowest BCUT2D eigenvalue weighted by molar-refractivity contribution is -0.119. The number of nitrogens with one attached hydrogen (secondary N) is 1. The Morgan fingerprint density at radius 2 is 2.33 bits per heavy atom. The molecule has 1 unspecified atom stereocenters. The quantitative estimate of drug-likeness (QED) is 0.835. The van der Waals surface area contributed by atoms with Gasteiger partial charge in [-0.25, -0.2) is 4.39 Å². The Hall–Kier alpha value is -1.14. The maximum Gasteiger partial charge on any atom is 0.228 e. The molecule has 1 fully saturated rings. The van der Waals surface area contributed by atoms with Crippen molar-refractivity contribution in [3.8, 4) is 0 Å². The molecule has 0 spiro atoms. The van der Waals surface area contributed by atoms with Gasteiger partial charge in [0.05, 0.1) is 5.69 Å². The molecule has 1 aliphatic rings. The van der Waals surface area contributed by atoms with Gasteiger partial charge in [-0.2, -0.15) is 11.8 Å². The Morgan fingerprint density at radius 1 is 1.56 bits per heavy atom. The minimum atomic E-state index is -0.515. The van der Waals surface area contributed by atoms with E-state index in [1.165, 1.54) is 12.1 Å². The van der Waals surface area contributed by atoms with E-state index in [4.69, 9.17) is 18.0 Å². The summed E-state index contributed by atoms with van der Waals surface area (Å²) in [5, 5.41) is 2.61. The summed E-state index contributed by atoms with van der Waals surface area (Å²) in [6.45, 7) is 0. The van der Waals surface area contributed by atoms with Gasteiger partial charge in [0.25, 0.3) is 0 Å². The van der Waals surface area contributed by atoms with Crippen LogP contribution in [-0.2, 0) is 4.79 Å². The van der Waals surface area contributed by atoms with Crippen LogP contribution in [-0.4, -0.2) is 22.4 Å². The second kappa shape index (κ2) is 5.67. The summed E-state index contributed by atoms with van der Waals surface area (Å²) in [5.41, 5.74) is 6.04. The third-order valence-electron chi connectivity index (χ3n) is 2.81. The third kappa shape index (κ3) is 3.00. The molecule has 2 rings (SSSR count). The van der Waals surface area contributed by atoms with Crippen LogP contribution >= 0.6 is 24.0 Å². The van der Waals surface area contributed by atoms with Crippen LogP contribution in [0.5, 0.6) is 0 Å². The largest absolute Gasteiger partial charge is 0.389 e. The smallest absolute Gasteiger partial charge is 0.228 e. The zero-order valence-corrected chi connectivity index (χ0v) is 11.2. The van der Waals surface area contributed by atoms with Crippen molar-refractivity contribution < 1.29 is 9.18 Å². The third-order valence-corrected chi connectivity index (χ3v) is 4.21. The molecule has 0 radical (unpaired) electrons. The minimum Gasteiger partial charge on any atom is -0.389 e. The average Bonchev–Trinajstić information content (AvgIpc) is 2.85. The molecule has 1 saturated heterocycles. The number of carbonyl (C=O) groups is 1. The first kappa shape index (κ1) is 13.3. The zero-order valence-electron chi connectivity index (χ0n) is 9.61. The Kier molecular flexibility index (Phi) is 4.19. The summed E-state index contributed by atoms with van der Waals surface area (Å²) < 4.78 is 13.7. The number of hydrogen-bond acceptors (Lipinski definition) is 3. The van der Waals surface area contributed by atoms with Gasteiger partial charge >= 0.3 is 0 Å². The lowest BCUT2D eigenvalue weighted by Gasteiger charge is -2.11. The molecule has 1 amide bonds. The highest BCUT2D eigenvalue weighted by molar-refractivity contribution is 7.99. The van der Waals surface area contributed by atoms with Gasteiger partial charge in [0.15, 0.2) is 0 Å². The number of hydrogen-bond donors (Lipinski definition) is 2. The van der Waals surface area contributed by atoms with Gasteiger partial charge in [-0.1, -0.05) is 12.2 Å². The van der Waals surface area contributed by atoms with Gasteiger partial charge in [0.2, 0.25) is 5.91 Å². The van der Waals surface area contributed by atoms with E-state index >= 15 is 0 Å². The fraction of sp³-hybridized carbons (Fsp3) is 0.333. The van der Waals surface area contributed by atoms with E-state index in [1.807, 2.05) is 0 Å². The molecule has 1 aliphatic heterocycles. The lowest BCUT2D eigenvalue weighted by Crippen LogP contribution is -2.23. The maximum absolute atomic E-state index is 13.7. The van der Waals surface area contributed by atoms with Crippen LogP contribution in [0.15, 0.2) is 18.2 Å². The number of carbonyl (C=O) groups excluding carboxylic acids is 1. The van der Waals surface area contributed by atoms with Crippen molar-refractivity contribution in [1.29, 1.82) is 0 Å². The maximum atomic E-state index is 13.7. The second-order valence-electron chi connectivity index (χ2n) is 4.11. The minimum absolute atomic E-state index is 0.0235. The van der Waals surface area contributed by atoms with Crippen LogP contribution in [0, 0.1) is 11.7 Å². The summed E-state index contributed by atoms with van der Waals surface area (Å²) in [6, 6.07) is 4.33. The van der Waals surface area contributed by atoms with Gasteiger partial charge < -0.3 is 11.1 Å². The highest BCUT2D eigenvalue weighted by Crippen LogP contribution is 2.25. The molecular weight excluding hydrogens is 271 g/mol. The van der Waals surface area contributed by atoms with Gasteiger partial charge in [0.1, 0.15) is 10.8 Å². The van der Waals surface area contributed by atoms with Gasteiger partial charge in [-0.3, -0.25) is 4.79 Å². The van der Waals surface area contributed by atoms with Crippen LogP contribution < -0.4 is 11.1 Å². The van der Waals surface area contributed by atoms with Crippen molar-refractivity contribution in [1.82, 2.24) is 0 Å². The first-order chi connectivity index (χ1) is 8.58. The van der Waals surface area contributed by atoms with E-state index < -0.39 is 5.82 Å². The number of thiocarbonyl (C=S) groups is 1. The lowest BCUT2D eigenvalue weighted by atomic mass is 10.1. The molecule has 1 atom stereocenters. The Balaban J connectivity index is 2.09. The predicted molar refractivity (Wildman–Crippen MR) is 76.3 cm³/mol. The van der Waals surface area contributed by atoms with Crippen molar-refractivity contribution in [3.05, 3.63) is 29.6 Å². The zero-order chi connectivity index (χ0) is 13.1. The molecule has 1 aromatic rings. The fourth-order valence-corrected chi connectivity index (χ4v) is 3.09. The summed E-state index contributed by atoms with van der Waals surface area (Å²) in [7, 11) is 0. The summed E-state index contributed by atoms with van der Waals surface area (Å²) in [5.74, 6) is 1.13. The molecule has 0 aromatic heterocycles. The van der Waals surface area contributed by atoms with Crippen LogP contribution in [0.3, 0.4) is 0 Å². The topological polar surface area (TPSA) is 55.1 Å². The fourth-order valence-electron chi connectivity index (χ4n) is 1.75. The van der Waals surface area contributed by atoms with Crippen LogP contribution in [0.4, 0.5) is 10.1 Å². The Bertz CT molecular complexity index is 487. The SMILES string of the molecule is NC(=S)c1ccc(NC(=O)C2CCSC2)c(F)c1. The summed E-state index contributed by atoms with van der Waals surface area (Å²) in [4.78, 5) is 12.0. The molecule has 96 valence electrons. The van der Waals surface area contributed by atoms with Gasteiger partial charge in [-0.15, -0.1) is 0 Å².